The normalized spacial score (nSPS) is 12.0. The molecule has 0 bridgehead atoms. The number of rotatable bonds is 70. The minimum absolute atomic E-state index is 0.0620. The first kappa shape index (κ1) is 79.2. The number of carbonyl (C=O) groups excluding carboxylic acids is 3. The van der Waals surface area contributed by atoms with Crippen molar-refractivity contribution in [3.8, 4) is 0 Å². The van der Waals surface area contributed by atoms with Crippen LogP contribution in [-0.4, -0.2) is 37.2 Å². The van der Waals surface area contributed by atoms with E-state index in [1.165, 1.54) is 334 Å². The Labute approximate surface area is 507 Å². The maximum atomic E-state index is 13.0. The summed E-state index contributed by atoms with van der Waals surface area (Å²) in [6, 6.07) is 0. The molecule has 6 heteroatoms. The van der Waals surface area contributed by atoms with Gasteiger partial charge in [-0.3, -0.25) is 14.4 Å². The van der Waals surface area contributed by atoms with Crippen LogP contribution in [0, 0.1) is 0 Å². The van der Waals surface area contributed by atoms with Crippen LogP contribution in [0.15, 0.2) is 12.2 Å². The molecule has 0 N–H and O–H groups in total. The standard InChI is InChI=1S/C75H144O6/c1-4-7-10-13-16-19-22-25-28-31-34-36-37-38-39-40-42-44-47-50-53-56-59-62-65-68-74(77)80-71-72(70-79-73(76)67-64-61-58-55-52-49-46-43-33-30-27-24-21-18-15-12-9-6-3)81-75(78)69-66-63-60-57-54-51-48-45-41-35-32-29-26-23-20-17-14-11-8-5-2/h31,34,72H,4-30,32-33,35-71H2,1-3H3/b34-31-. The van der Waals surface area contributed by atoms with Crippen molar-refractivity contribution in [2.45, 2.75) is 438 Å². The lowest BCUT2D eigenvalue weighted by Crippen LogP contribution is -2.30. The van der Waals surface area contributed by atoms with Gasteiger partial charge in [-0.15, -0.1) is 0 Å². The summed E-state index contributed by atoms with van der Waals surface area (Å²) >= 11 is 0. The van der Waals surface area contributed by atoms with E-state index in [1.54, 1.807) is 0 Å². The topological polar surface area (TPSA) is 78.9 Å². The monoisotopic (exact) mass is 1140 g/mol. The Balaban J connectivity index is 4.26. The van der Waals surface area contributed by atoms with E-state index < -0.39 is 6.10 Å². The zero-order valence-corrected chi connectivity index (χ0v) is 55.4. The number of esters is 3. The summed E-state index contributed by atoms with van der Waals surface area (Å²) in [4.78, 5) is 38.5. The number of hydrogen-bond donors (Lipinski definition) is 0. The SMILES string of the molecule is CCCCCCCCCC/C=C\CCCCCCCCCCCCCCCC(=O)OCC(COC(=O)CCCCCCCCCCCCCCCCCCCC)OC(=O)CCCCCCCCCCCCCCCCCCCCCC. The molecule has 0 radical (unpaired) electrons. The van der Waals surface area contributed by atoms with Crippen LogP contribution in [0.25, 0.3) is 0 Å². The molecule has 0 spiro atoms. The van der Waals surface area contributed by atoms with Gasteiger partial charge in [0.25, 0.3) is 0 Å². The summed E-state index contributed by atoms with van der Waals surface area (Å²) in [5, 5.41) is 0. The van der Waals surface area contributed by atoms with Crippen molar-refractivity contribution in [2.24, 2.45) is 0 Å². The fraction of sp³-hybridized carbons (Fsp3) is 0.933. The molecule has 81 heavy (non-hydrogen) atoms. The maximum Gasteiger partial charge on any atom is 0.306 e. The Kier molecular flexibility index (Phi) is 69.0. The van der Waals surface area contributed by atoms with Gasteiger partial charge >= 0.3 is 17.9 Å². The van der Waals surface area contributed by atoms with E-state index in [1.807, 2.05) is 0 Å². The Morgan fingerprint density at radius 1 is 0.235 bits per heavy atom. The minimum Gasteiger partial charge on any atom is -0.462 e. The molecule has 0 aromatic heterocycles. The lowest BCUT2D eigenvalue weighted by Gasteiger charge is -2.18. The smallest absolute Gasteiger partial charge is 0.306 e. The molecular formula is C75H144O6. The van der Waals surface area contributed by atoms with Crippen LogP contribution in [0.4, 0.5) is 0 Å². The molecule has 6 nitrogen and oxygen atoms in total. The molecule has 0 aliphatic heterocycles. The van der Waals surface area contributed by atoms with Crippen LogP contribution >= 0.6 is 0 Å². The average Bonchev–Trinajstić information content (AvgIpc) is 3.47. The van der Waals surface area contributed by atoms with E-state index in [2.05, 4.69) is 32.9 Å². The first-order valence-electron chi connectivity index (χ1n) is 37.2. The molecule has 0 fully saturated rings. The van der Waals surface area contributed by atoms with Crippen molar-refractivity contribution in [1.82, 2.24) is 0 Å². The first-order valence-corrected chi connectivity index (χ1v) is 37.2. The van der Waals surface area contributed by atoms with Crippen molar-refractivity contribution in [3.63, 3.8) is 0 Å². The molecule has 0 aromatic rings. The zero-order chi connectivity index (χ0) is 58.5. The number of carbonyl (C=O) groups is 3. The van der Waals surface area contributed by atoms with Gasteiger partial charge in [-0.1, -0.05) is 380 Å². The molecule has 0 rings (SSSR count). The second kappa shape index (κ2) is 70.6. The van der Waals surface area contributed by atoms with E-state index >= 15 is 0 Å². The van der Waals surface area contributed by atoms with Crippen molar-refractivity contribution < 1.29 is 28.6 Å². The summed E-state index contributed by atoms with van der Waals surface area (Å²) in [6.07, 6.45) is 85.3. The molecule has 1 unspecified atom stereocenters. The van der Waals surface area contributed by atoms with E-state index in [-0.39, 0.29) is 31.1 Å². The molecular weight excluding hydrogens is 997 g/mol. The largest absolute Gasteiger partial charge is 0.462 e. The third-order valence-corrected chi connectivity index (χ3v) is 17.3. The predicted octanol–water partition coefficient (Wildman–Crippen LogP) is 25.6. The molecule has 480 valence electrons. The highest BCUT2D eigenvalue weighted by molar-refractivity contribution is 5.71. The van der Waals surface area contributed by atoms with Crippen molar-refractivity contribution in [3.05, 3.63) is 12.2 Å². The van der Waals surface area contributed by atoms with Crippen molar-refractivity contribution in [2.75, 3.05) is 13.2 Å². The molecule has 0 saturated heterocycles. The minimum atomic E-state index is -0.766. The number of allylic oxidation sites excluding steroid dienone is 2. The van der Waals surface area contributed by atoms with Gasteiger partial charge in [-0.05, 0) is 44.9 Å². The molecule has 1 atom stereocenters. The highest BCUT2D eigenvalue weighted by atomic mass is 16.6. The number of hydrogen-bond acceptors (Lipinski definition) is 6. The van der Waals surface area contributed by atoms with Crippen molar-refractivity contribution >= 4 is 17.9 Å². The fourth-order valence-corrected chi connectivity index (χ4v) is 11.7. The highest BCUT2D eigenvalue weighted by Crippen LogP contribution is 2.19. The number of unbranched alkanes of at least 4 members (excludes halogenated alkanes) is 57. The second-order valence-corrected chi connectivity index (χ2v) is 25.6. The molecule has 0 aliphatic rings. The quantitative estimate of drug-likeness (QED) is 0.0261. The molecule has 0 aliphatic carbocycles. The van der Waals surface area contributed by atoms with Gasteiger partial charge in [0.2, 0.25) is 0 Å². The molecule has 0 amide bonds. The van der Waals surface area contributed by atoms with Crippen LogP contribution in [-0.2, 0) is 28.6 Å². The van der Waals surface area contributed by atoms with Gasteiger partial charge in [0.1, 0.15) is 13.2 Å². The summed E-state index contributed by atoms with van der Waals surface area (Å²) in [5.74, 6) is -0.821. The molecule has 0 saturated carbocycles. The Morgan fingerprint density at radius 3 is 0.617 bits per heavy atom. The van der Waals surface area contributed by atoms with Gasteiger partial charge < -0.3 is 14.2 Å². The van der Waals surface area contributed by atoms with Crippen LogP contribution < -0.4 is 0 Å². The van der Waals surface area contributed by atoms with E-state index in [0.29, 0.717) is 19.3 Å². The summed E-state index contributed by atoms with van der Waals surface area (Å²) in [6.45, 7) is 6.75. The Morgan fingerprint density at radius 2 is 0.407 bits per heavy atom. The second-order valence-electron chi connectivity index (χ2n) is 25.6. The Hall–Kier alpha value is -1.85. The van der Waals surface area contributed by atoms with Crippen LogP contribution in [0.1, 0.15) is 432 Å². The lowest BCUT2D eigenvalue weighted by molar-refractivity contribution is -0.167. The van der Waals surface area contributed by atoms with Gasteiger partial charge in [0.15, 0.2) is 6.10 Å². The summed E-state index contributed by atoms with van der Waals surface area (Å²) in [7, 11) is 0. The predicted molar refractivity (Wildman–Crippen MR) is 353 cm³/mol. The maximum absolute atomic E-state index is 13.0. The van der Waals surface area contributed by atoms with E-state index in [4.69, 9.17) is 14.2 Å². The first-order chi connectivity index (χ1) is 40.0. The fourth-order valence-electron chi connectivity index (χ4n) is 11.7. The van der Waals surface area contributed by atoms with Gasteiger partial charge in [0, 0.05) is 19.3 Å². The van der Waals surface area contributed by atoms with Crippen LogP contribution in [0.3, 0.4) is 0 Å². The lowest BCUT2D eigenvalue weighted by atomic mass is 10.0. The van der Waals surface area contributed by atoms with Crippen molar-refractivity contribution in [1.29, 1.82) is 0 Å². The number of ether oxygens (including phenoxy) is 3. The Bertz CT molecular complexity index is 1260. The van der Waals surface area contributed by atoms with Gasteiger partial charge in [-0.2, -0.15) is 0 Å². The zero-order valence-electron chi connectivity index (χ0n) is 55.4. The van der Waals surface area contributed by atoms with Gasteiger partial charge in [-0.25, -0.2) is 0 Å². The third kappa shape index (κ3) is 68.8. The van der Waals surface area contributed by atoms with E-state index in [9.17, 15) is 14.4 Å². The molecule has 0 heterocycles. The van der Waals surface area contributed by atoms with Crippen LogP contribution in [0.2, 0.25) is 0 Å². The molecule has 0 aromatic carbocycles. The highest BCUT2D eigenvalue weighted by Gasteiger charge is 2.20. The third-order valence-electron chi connectivity index (χ3n) is 17.3. The van der Waals surface area contributed by atoms with Gasteiger partial charge in [0.05, 0.1) is 0 Å². The summed E-state index contributed by atoms with van der Waals surface area (Å²) in [5.41, 5.74) is 0. The summed E-state index contributed by atoms with van der Waals surface area (Å²) < 4.78 is 17.1. The average molecular weight is 1140 g/mol. The van der Waals surface area contributed by atoms with E-state index in [0.717, 1.165) is 57.8 Å². The van der Waals surface area contributed by atoms with Crippen LogP contribution in [0.5, 0.6) is 0 Å².